The molecule has 0 unspecified atom stereocenters. The van der Waals surface area contributed by atoms with Crippen molar-refractivity contribution in [1.82, 2.24) is 4.90 Å². The van der Waals surface area contributed by atoms with E-state index in [9.17, 15) is 9.59 Å². The lowest BCUT2D eigenvalue weighted by Crippen LogP contribution is -2.33. The topological polar surface area (TPSA) is 65.1 Å². The van der Waals surface area contributed by atoms with Crippen LogP contribution >= 0.6 is 0 Å². The van der Waals surface area contributed by atoms with Crippen molar-refractivity contribution in [3.8, 4) is 11.5 Å². The third-order valence-corrected chi connectivity index (χ3v) is 3.16. The first-order chi connectivity index (χ1) is 10.4. The Balaban J connectivity index is 3.09. The summed E-state index contributed by atoms with van der Waals surface area (Å²) in [5.41, 5.74) is 1.38. The van der Waals surface area contributed by atoms with Crippen LogP contribution < -0.4 is 9.47 Å². The Kier molecular flexibility index (Phi) is 6.69. The predicted octanol–water partition coefficient (Wildman–Crippen LogP) is 3.68. The van der Waals surface area contributed by atoms with E-state index in [4.69, 9.17) is 14.2 Å². The molecule has 0 aliphatic carbocycles. The second-order valence-corrected chi connectivity index (χ2v) is 4.68. The van der Waals surface area contributed by atoms with E-state index in [1.165, 1.54) is 4.90 Å². The molecule has 1 aromatic rings. The Morgan fingerprint density at radius 2 is 1.45 bits per heavy atom. The van der Waals surface area contributed by atoms with Gasteiger partial charge in [0.25, 0.3) is 0 Å². The smallest absolute Gasteiger partial charge is 0.434 e. The number of rotatable bonds is 5. The Hall–Kier alpha value is -2.24. The van der Waals surface area contributed by atoms with E-state index >= 15 is 0 Å². The zero-order valence-electron chi connectivity index (χ0n) is 13.8. The maximum Gasteiger partial charge on any atom is 0.513 e. The average Bonchev–Trinajstić information content (AvgIpc) is 2.48. The number of carbonyl (C=O) groups excluding carboxylic acids is 2. The van der Waals surface area contributed by atoms with Crippen molar-refractivity contribution >= 4 is 12.2 Å². The number of amides is 1. The highest BCUT2D eigenvalue weighted by molar-refractivity contribution is 5.74. The van der Waals surface area contributed by atoms with E-state index in [-0.39, 0.29) is 18.1 Å². The van der Waals surface area contributed by atoms with Gasteiger partial charge in [-0.3, -0.25) is 0 Å². The number of hydrogen-bond acceptors (Lipinski definition) is 5. The molecule has 1 aromatic carbocycles. The minimum Gasteiger partial charge on any atom is -0.434 e. The van der Waals surface area contributed by atoms with Crippen molar-refractivity contribution < 1.29 is 23.8 Å². The summed E-state index contributed by atoms with van der Waals surface area (Å²) in [6.07, 6.45) is -1.30. The summed E-state index contributed by atoms with van der Waals surface area (Å²) in [6, 6.07) is 3.59. The first-order valence-corrected chi connectivity index (χ1v) is 7.36. The molecule has 6 heteroatoms. The number of benzene rings is 1. The van der Waals surface area contributed by atoms with Crippen LogP contribution in [-0.4, -0.2) is 36.8 Å². The molecule has 0 atom stereocenters. The summed E-state index contributed by atoms with van der Waals surface area (Å²) in [5, 5.41) is 0. The number of aryl methyl sites for hydroxylation is 2. The van der Waals surface area contributed by atoms with Crippen molar-refractivity contribution in [3.05, 3.63) is 23.3 Å². The minimum absolute atomic E-state index is 0.207. The van der Waals surface area contributed by atoms with Gasteiger partial charge >= 0.3 is 12.2 Å². The molecule has 0 aliphatic rings. The quantitative estimate of drug-likeness (QED) is 0.613. The molecule has 0 spiro atoms. The van der Waals surface area contributed by atoms with Crippen LogP contribution in [0.15, 0.2) is 12.1 Å². The van der Waals surface area contributed by atoms with Crippen molar-refractivity contribution in [2.45, 2.75) is 34.6 Å². The molecule has 1 amide bonds. The van der Waals surface area contributed by atoms with Gasteiger partial charge in [-0.25, -0.2) is 9.59 Å². The molecule has 0 saturated carbocycles. The first-order valence-electron chi connectivity index (χ1n) is 7.36. The van der Waals surface area contributed by atoms with Crippen LogP contribution in [0.4, 0.5) is 9.59 Å². The Labute approximate surface area is 131 Å². The molecule has 0 heterocycles. The van der Waals surface area contributed by atoms with Crippen LogP contribution in [0, 0.1) is 13.8 Å². The normalized spacial score (nSPS) is 10.0. The lowest BCUT2D eigenvalue weighted by molar-refractivity contribution is 0.102. The third-order valence-electron chi connectivity index (χ3n) is 3.16. The van der Waals surface area contributed by atoms with E-state index in [0.29, 0.717) is 24.2 Å². The molecule has 22 heavy (non-hydrogen) atoms. The van der Waals surface area contributed by atoms with Crippen LogP contribution in [0.25, 0.3) is 0 Å². The molecule has 1 rings (SSSR count). The van der Waals surface area contributed by atoms with Gasteiger partial charge in [0.1, 0.15) is 0 Å². The molecule has 0 bridgehead atoms. The first kappa shape index (κ1) is 17.8. The lowest BCUT2D eigenvalue weighted by Gasteiger charge is -2.20. The maximum absolute atomic E-state index is 12.1. The summed E-state index contributed by atoms with van der Waals surface area (Å²) in [6.45, 7) is 10.2. The second kappa shape index (κ2) is 8.26. The van der Waals surface area contributed by atoms with Gasteiger partial charge in [0.2, 0.25) is 0 Å². The van der Waals surface area contributed by atoms with Crippen LogP contribution in [-0.2, 0) is 4.74 Å². The van der Waals surface area contributed by atoms with Crippen molar-refractivity contribution in [2.75, 3.05) is 19.7 Å². The van der Waals surface area contributed by atoms with Crippen LogP contribution in [0.3, 0.4) is 0 Å². The van der Waals surface area contributed by atoms with Crippen LogP contribution in [0.1, 0.15) is 31.9 Å². The van der Waals surface area contributed by atoms with Crippen molar-refractivity contribution in [3.63, 3.8) is 0 Å². The fraction of sp³-hybridized carbons (Fsp3) is 0.500. The molecule has 0 saturated heterocycles. The van der Waals surface area contributed by atoms with E-state index in [1.54, 1.807) is 32.9 Å². The SMILES string of the molecule is CCOC(=O)Oc1c(C)ccc(C)c1OC(=O)N(CC)CC. The van der Waals surface area contributed by atoms with Gasteiger partial charge in [0, 0.05) is 13.1 Å². The van der Waals surface area contributed by atoms with E-state index in [1.807, 2.05) is 13.8 Å². The highest BCUT2D eigenvalue weighted by Crippen LogP contribution is 2.35. The molecule has 6 nitrogen and oxygen atoms in total. The molecule has 0 fully saturated rings. The van der Waals surface area contributed by atoms with Gasteiger partial charge in [-0.05, 0) is 45.7 Å². The van der Waals surface area contributed by atoms with E-state index < -0.39 is 12.2 Å². The number of hydrogen-bond donors (Lipinski definition) is 0. The predicted molar refractivity (Wildman–Crippen MR) is 82.5 cm³/mol. The summed E-state index contributed by atoms with van der Waals surface area (Å²) in [4.78, 5) is 25.2. The van der Waals surface area contributed by atoms with Gasteiger partial charge in [-0.15, -0.1) is 0 Å². The van der Waals surface area contributed by atoms with Gasteiger partial charge < -0.3 is 19.1 Å². The summed E-state index contributed by atoms with van der Waals surface area (Å²) >= 11 is 0. The second-order valence-electron chi connectivity index (χ2n) is 4.68. The largest absolute Gasteiger partial charge is 0.513 e. The Morgan fingerprint density at radius 1 is 0.955 bits per heavy atom. The lowest BCUT2D eigenvalue weighted by atomic mass is 10.1. The molecule has 0 N–H and O–H groups in total. The maximum atomic E-state index is 12.1. The zero-order chi connectivity index (χ0) is 16.7. The van der Waals surface area contributed by atoms with Gasteiger partial charge in [-0.1, -0.05) is 12.1 Å². The highest BCUT2D eigenvalue weighted by atomic mass is 16.7. The average molecular weight is 309 g/mol. The molecule has 0 aliphatic heterocycles. The number of ether oxygens (including phenoxy) is 3. The fourth-order valence-electron chi connectivity index (χ4n) is 1.88. The Morgan fingerprint density at radius 3 is 1.91 bits per heavy atom. The molecule has 0 aromatic heterocycles. The van der Waals surface area contributed by atoms with Crippen LogP contribution in [0.2, 0.25) is 0 Å². The number of nitrogens with zero attached hydrogens (tertiary/aromatic N) is 1. The molecule has 0 radical (unpaired) electrons. The molecule has 122 valence electrons. The number of carbonyl (C=O) groups is 2. The fourth-order valence-corrected chi connectivity index (χ4v) is 1.88. The van der Waals surface area contributed by atoms with Crippen molar-refractivity contribution in [2.24, 2.45) is 0 Å². The van der Waals surface area contributed by atoms with E-state index in [2.05, 4.69) is 0 Å². The zero-order valence-corrected chi connectivity index (χ0v) is 13.8. The third kappa shape index (κ3) is 4.38. The highest BCUT2D eigenvalue weighted by Gasteiger charge is 2.21. The minimum atomic E-state index is -0.823. The summed E-state index contributed by atoms with van der Waals surface area (Å²) in [5.74, 6) is 0.448. The molecular formula is C16H23NO5. The summed E-state index contributed by atoms with van der Waals surface area (Å²) < 4.78 is 15.4. The monoisotopic (exact) mass is 309 g/mol. The van der Waals surface area contributed by atoms with E-state index in [0.717, 1.165) is 0 Å². The standard InChI is InChI=1S/C16H23NO5/c1-6-17(7-2)15(18)21-13-11(4)9-10-12(5)14(13)22-16(19)20-8-3/h9-10H,6-8H2,1-5H3. The summed E-state index contributed by atoms with van der Waals surface area (Å²) in [7, 11) is 0. The van der Waals surface area contributed by atoms with Crippen molar-refractivity contribution in [1.29, 1.82) is 0 Å². The van der Waals surface area contributed by atoms with Gasteiger partial charge in [-0.2, -0.15) is 0 Å². The van der Waals surface area contributed by atoms with Gasteiger partial charge in [0.05, 0.1) is 6.61 Å². The van der Waals surface area contributed by atoms with Gasteiger partial charge in [0.15, 0.2) is 11.5 Å². The molecular weight excluding hydrogens is 286 g/mol. The Bertz CT molecular complexity index is 538. The van der Waals surface area contributed by atoms with Crippen LogP contribution in [0.5, 0.6) is 11.5 Å².